The number of morpholine rings is 1. The largest absolute Gasteiger partial charge is 0.437 e. The topological polar surface area (TPSA) is 81.4 Å². The zero-order valence-corrected chi connectivity index (χ0v) is 18.0. The average Bonchev–Trinajstić information content (AvgIpc) is 3.53. The average molecular weight is 441 g/mol. The summed E-state index contributed by atoms with van der Waals surface area (Å²) in [5.41, 5.74) is 1.99. The highest BCUT2D eigenvalue weighted by molar-refractivity contribution is 5.68. The van der Waals surface area contributed by atoms with Crippen LogP contribution in [0.15, 0.2) is 67.1 Å². The van der Waals surface area contributed by atoms with Crippen LogP contribution < -0.4 is 14.5 Å². The van der Waals surface area contributed by atoms with Crippen LogP contribution in [0, 0.1) is 0 Å². The maximum atomic E-state index is 6.19. The number of fused-ring (bicyclic) bond motifs is 1. The molecular weight excluding hydrogens is 418 g/mol. The van der Waals surface area contributed by atoms with E-state index >= 15 is 0 Å². The molecule has 0 amide bonds. The van der Waals surface area contributed by atoms with E-state index in [0.29, 0.717) is 30.8 Å². The summed E-state index contributed by atoms with van der Waals surface area (Å²) < 4.78 is 13.6. The van der Waals surface area contributed by atoms with Crippen molar-refractivity contribution in [2.75, 3.05) is 42.6 Å². The normalized spacial score (nSPS) is 15.5. The molecule has 0 saturated carbocycles. The van der Waals surface area contributed by atoms with Gasteiger partial charge in [-0.05, 0) is 30.7 Å². The van der Waals surface area contributed by atoms with E-state index in [1.807, 2.05) is 59.4 Å². The van der Waals surface area contributed by atoms with Gasteiger partial charge in [0, 0.05) is 38.1 Å². The van der Waals surface area contributed by atoms with Crippen LogP contribution in [0.5, 0.6) is 11.6 Å². The first-order valence-corrected chi connectivity index (χ1v) is 11.1. The maximum absolute atomic E-state index is 6.19. The lowest BCUT2D eigenvalue weighted by molar-refractivity contribution is 0.122. The zero-order chi connectivity index (χ0) is 22.0. The van der Waals surface area contributed by atoms with Crippen molar-refractivity contribution >= 4 is 17.6 Å². The molecule has 4 aromatic rings. The molecule has 2 aliphatic heterocycles. The van der Waals surface area contributed by atoms with E-state index in [-0.39, 0.29) is 0 Å². The molecule has 0 unspecified atom stereocenters. The van der Waals surface area contributed by atoms with Crippen LogP contribution >= 0.6 is 0 Å². The first-order chi connectivity index (χ1) is 16.3. The number of benzene rings is 1. The van der Waals surface area contributed by atoms with Crippen LogP contribution in [0.1, 0.15) is 5.56 Å². The van der Waals surface area contributed by atoms with Crippen LogP contribution in [0.3, 0.4) is 0 Å². The number of hydrogen-bond acceptors (Lipinski definition) is 8. The summed E-state index contributed by atoms with van der Waals surface area (Å²) in [6.45, 7) is 3.56. The molecule has 9 heteroatoms. The minimum absolute atomic E-state index is 0.569. The fourth-order valence-corrected chi connectivity index (χ4v) is 4.13. The number of pyridine rings is 1. The second kappa shape index (κ2) is 8.51. The van der Waals surface area contributed by atoms with E-state index in [9.17, 15) is 0 Å². The lowest BCUT2D eigenvalue weighted by atomic mass is 10.2. The standard InChI is InChI=1S/C24H23N7O2/c1-2-5-18(6-3-1)31-12-9-21(28-31)30-11-8-20-22(30)26-24(29-13-15-32-16-14-29)27-23(20)33-19-7-4-10-25-17-19/h1-7,9-10,12,17H,8,11,13-16H2. The predicted molar refractivity (Wildman–Crippen MR) is 124 cm³/mol. The SMILES string of the molecule is c1ccc(-n2ccc(N3CCc4c(Oc5cccnc5)nc(N5CCOCC5)nc43)n2)cc1. The Morgan fingerprint density at radius 2 is 1.79 bits per heavy atom. The molecule has 1 saturated heterocycles. The number of aromatic nitrogens is 5. The van der Waals surface area contributed by atoms with Gasteiger partial charge in [-0.25, -0.2) is 4.68 Å². The molecule has 0 bridgehead atoms. The molecule has 33 heavy (non-hydrogen) atoms. The minimum atomic E-state index is 0.569. The van der Waals surface area contributed by atoms with Gasteiger partial charge in [0.25, 0.3) is 0 Å². The third kappa shape index (κ3) is 3.87. The quantitative estimate of drug-likeness (QED) is 0.466. The van der Waals surface area contributed by atoms with Crippen LogP contribution in [0.25, 0.3) is 5.69 Å². The van der Waals surface area contributed by atoms with Gasteiger partial charge in [-0.15, -0.1) is 5.10 Å². The molecule has 0 atom stereocenters. The van der Waals surface area contributed by atoms with Gasteiger partial charge in [0.2, 0.25) is 11.8 Å². The Hall–Kier alpha value is -3.98. The smallest absolute Gasteiger partial charge is 0.230 e. The Labute approximate surface area is 191 Å². The van der Waals surface area contributed by atoms with E-state index < -0.39 is 0 Å². The molecule has 1 fully saturated rings. The number of nitrogens with zero attached hydrogens (tertiary/aromatic N) is 7. The van der Waals surface area contributed by atoms with E-state index in [1.165, 1.54) is 0 Å². The predicted octanol–water partition coefficient (Wildman–Crippen LogP) is 3.38. The highest BCUT2D eigenvalue weighted by Gasteiger charge is 2.31. The van der Waals surface area contributed by atoms with Gasteiger partial charge >= 0.3 is 0 Å². The molecular formula is C24H23N7O2. The fourth-order valence-electron chi connectivity index (χ4n) is 4.13. The van der Waals surface area contributed by atoms with E-state index in [4.69, 9.17) is 24.5 Å². The minimum Gasteiger partial charge on any atom is -0.437 e. The fraction of sp³-hybridized carbons (Fsp3) is 0.250. The Morgan fingerprint density at radius 3 is 2.61 bits per heavy atom. The van der Waals surface area contributed by atoms with Gasteiger partial charge in [-0.2, -0.15) is 9.97 Å². The molecule has 166 valence electrons. The summed E-state index contributed by atoms with van der Waals surface area (Å²) in [6.07, 6.45) is 6.16. The number of hydrogen-bond donors (Lipinski definition) is 0. The highest BCUT2D eigenvalue weighted by Crippen LogP contribution is 2.39. The number of rotatable bonds is 5. The molecule has 0 aliphatic carbocycles. The maximum Gasteiger partial charge on any atom is 0.230 e. The summed E-state index contributed by atoms with van der Waals surface area (Å²) in [6, 6.07) is 15.8. The Balaban J connectivity index is 1.39. The lowest BCUT2D eigenvalue weighted by Crippen LogP contribution is -2.37. The Morgan fingerprint density at radius 1 is 0.909 bits per heavy atom. The molecule has 9 nitrogen and oxygen atoms in total. The first-order valence-electron chi connectivity index (χ1n) is 11.1. The molecule has 0 radical (unpaired) electrons. The summed E-state index contributed by atoms with van der Waals surface area (Å²) in [4.78, 5) is 18.2. The Kier molecular flexibility index (Phi) is 5.08. The van der Waals surface area contributed by atoms with Gasteiger partial charge < -0.3 is 19.3 Å². The molecule has 2 aliphatic rings. The summed E-state index contributed by atoms with van der Waals surface area (Å²) in [5, 5.41) is 4.81. The van der Waals surface area contributed by atoms with Crippen molar-refractivity contribution in [3.63, 3.8) is 0 Å². The van der Waals surface area contributed by atoms with Crippen molar-refractivity contribution in [2.45, 2.75) is 6.42 Å². The lowest BCUT2D eigenvalue weighted by Gasteiger charge is -2.28. The van der Waals surface area contributed by atoms with Crippen molar-refractivity contribution in [3.8, 4) is 17.3 Å². The van der Waals surface area contributed by atoms with Gasteiger partial charge in [0.15, 0.2) is 5.82 Å². The van der Waals surface area contributed by atoms with Gasteiger partial charge in [-0.1, -0.05) is 18.2 Å². The second-order valence-electron chi connectivity index (χ2n) is 7.88. The number of ether oxygens (including phenoxy) is 2. The zero-order valence-electron chi connectivity index (χ0n) is 18.0. The highest BCUT2D eigenvalue weighted by atomic mass is 16.5. The van der Waals surface area contributed by atoms with Crippen molar-refractivity contribution < 1.29 is 9.47 Å². The third-order valence-corrected chi connectivity index (χ3v) is 5.79. The number of para-hydroxylation sites is 1. The molecule has 6 rings (SSSR count). The van der Waals surface area contributed by atoms with Gasteiger partial charge in [-0.3, -0.25) is 4.98 Å². The first kappa shape index (κ1) is 19.7. The van der Waals surface area contributed by atoms with Crippen molar-refractivity contribution in [2.24, 2.45) is 0 Å². The monoisotopic (exact) mass is 441 g/mol. The van der Waals surface area contributed by atoms with Crippen LogP contribution in [0.2, 0.25) is 0 Å². The second-order valence-corrected chi connectivity index (χ2v) is 7.88. The van der Waals surface area contributed by atoms with Crippen molar-refractivity contribution in [1.82, 2.24) is 24.7 Å². The Bertz CT molecular complexity index is 1240. The van der Waals surface area contributed by atoms with E-state index in [1.54, 1.807) is 12.4 Å². The van der Waals surface area contributed by atoms with Gasteiger partial charge in [0.05, 0.1) is 30.7 Å². The molecule has 0 N–H and O–H groups in total. The van der Waals surface area contributed by atoms with Crippen LogP contribution in [-0.2, 0) is 11.2 Å². The molecule has 1 aromatic carbocycles. The summed E-state index contributed by atoms with van der Waals surface area (Å²) >= 11 is 0. The van der Waals surface area contributed by atoms with E-state index in [2.05, 4.69) is 14.8 Å². The summed E-state index contributed by atoms with van der Waals surface area (Å²) in [7, 11) is 0. The van der Waals surface area contributed by atoms with Crippen molar-refractivity contribution in [1.29, 1.82) is 0 Å². The number of anilines is 3. The van der Waals surface area contributed by atoms with Crippen molar-refractivity contribution in [3.05, 3.63) is 72.7 Å². The third-order valence-electron chi connectivity index (χ3n) is 5.79. The molecule has 0 spiro atoms. The van der Waals surface area contributed by atoms with E-state index in [0.717, 1.165) is 48.9 Å². The molecule has 5 heterocycles. The van der Waals surface area contributed by atoms with Crippen LogP contribution in [0.4, 0.5) is 17.6 Å². The van der Waals surface area contributed by atoms with Crippen LogP contribution in [-0.4, -0.2) is 57.6 Å². The summed E-state index contributed by atoms with van der Waals surface area (Å²) in [5.74, 6) is 3.54. The molecule has 3 aromatic heterocycles. The van der Waals surface area contributed by atoms with Gasteiger partial charge in [0.1, 0.15) is 11.6 Å².